The molecule has 0 fully saturated rings. The molecular formula is C4H6N2OS. The summed E-state index contributed by atoms with van der Waals surface area (Å²) < 4.78 is 4.49. The molecule has 1 N–H and O–H groups in total. The topological polar surface area (TPSA) is 37.9 Å². The fourth-order valence-corrected chi connectivity index (χ4v) is 0.560. The van der Waals surface area contributed by atoms with E-state index in [-0.39, 0.29) is 0 Å². The summed E-state index contributed by atoms with van der Waals surface area (Å²) in [5.74, 6) is 0.792. The van der Waals surface area contributed by atoms with Crippen molar-refractivity contribution < 1.29 is 4.18 Å². The molecule has 0 aliphatic rings. The Morgan fingerprint density at radius 2 is 2.75 bits per heavy atom. The predicted molar refractivity (Wildman–Crippen MR) is 32.4 cm³/mol. The molecule has 0 aliphatic heterocycles. The van der Waals surface area contributed by atoms with E-state index in [2.05, 4.69) is 27.1 Å². The molecule has 8 heavy (non-hydrogen) atoms. The molecular weight excluding hydrogens is 124 g/mol. The molecule has 1 rings (SSSR count). The predicted octanol–water partition coefficient (Wildman–Crippen LogP) is 0.771. The Morgan fingerprint density at radius 3 is 3.25 bits per heavy atom. The minimum absolute atomic E-state index is 0.427. The molecule has 0 unspecified atom stereocenters. The van der Waals surface area contributed by atoms with Crippen molar-refractivity contribution >= 4 is 12.9 Å². The third-order valence-electron chi connectivity index (χ3n) is 0.756. The zero-order chi connectivity index (χ0) is 5.82. The summed E-state index contributed by atoms with van der Waals surface area (Å²) in [5.41, 5.74) is 0. The molecule has 1 heterocycles. The van der Waals surface area contributed by atoms with Crippen LogP contribution < -0.4 is 0 Å². The van der Waals surface area contributed by atoms with Crippen LogP contribution in [-0.2, 0) is 10.8 Å². The zero-order valence-corrected chi connectivity index (χ0v) is 5.06. The maximum Gasteiger partial charge on any atom is 0.133 e. The molecule has 1 aromatic heterocycles. The number of aromatic amines is 1. The maximum atomic E-state index is 4.49. The van der Waals surface area contributed by atoms with E-state index in [0.29, 0.717) is 6.61 Å². The molecule has 0 atom stereocenters. The SMILES string of the molecule is SOCc1ncc[nH]1. The van der Waals surface area contributed by atoms with Crippen molar-refractivity contribution in [1.29, 1.82) is 0 Å². The van der Waals surface area contributed by atoms with Gasteiger partial charge < -0.3 is 9.17 Å². The van der Waals surface area contributed by atoms with Gasteiger partial charge in [-0.2, -0.15) is 0 Å². The smallest absolute Gasteiger partial charge is 0.133 e. The van der Waals surface area contributed by atoms with Crippen molar-refractivity contribution in [2.24, 2.45) is 0 Å². The zero-order valence-electron chi connectivity index (χ0n) is 4.16. The van der Waals surface area contributed by atoms with Gasteiger partial charge in [0.05, 0.1) is 0 Å². The number of rotatable bonds is 2. The fourth-order valence-electron chi connectivity index (χ4n) is 0.438. The van der Waals surface area contributed by atoms with Crippen molar-refractivity contribution in [2.45, 2.75) is 6.61 Å². The molecule has 1 aromatic rings. The van der Waals surface area contributed by atoms with Gasteiger partial charge in [0.1, 0.15) is 12.4 Å². The second-order valence-electron chi connectivity index (χ2n) is 1.31. The average molecular weight is 130 g/mol. The lowest BCUT2D eigenvalue weighted by Crippen LogP contribution is -1.84. The molecule has 0 radical (unpaired) electrons. The van der Waals surface area contributed by atoms with Gasteiger partial charge in [-0.1, -0.05) is 0 Å². The van der Waals surface area contributed by atoms with Crippen molar-refractivity contribution in [3.63, 3.8) is 0 Å². The number of nitrogens with one attached hydrogen (secondary N) is 1. The summed E-state index contributed by atoms with van der Waals surface area (Å²) in [6.45, 7) is 0.427. The summed E-state index contributed by atoms with van der Waals surface area (Å²) in [6, 6.07) is 0. The van der Waals surface area contributed by atoms with Crippen LogP contribution in [0, 0.1) is 0 Å². The lowest BCUT2D eigenvalue weighted by atomic mass is 10.7. The van der Waals surface area contributed by atoms with Gasteiger partial charge in [-0.15, -0.1) is 0 Å². The van der Waals surface area contributed by atoms with Crippen molar-refractivity contribution in [2.75, 3.05) is 0 Å². The number of hydrogen-bond acceptors (Lipinski definition) is 3. The first-order valence-corrected chi connectivity index (χ1v) is 2.54. The van der Waals surface area contributed by atoms with Crippen LogP contribution in [0.15, 0.2) is 12.4 Å². The first kappa shape index (κ1) is 5.65. The molecule has 0 aliphatic carbocycles. The van der Waals surface area contributed by atoms with Gasteiger partial charge in [0.25, 0.3) is 0 Å². The minimum atomic E-state index is 0.427. The number of H-pyrrole nitrogens is 1. The van der Waals surface area contributed by atoms with Gasteiger partial charge in [-0.3, -0.25) is 0 Å². The maximum absolute atomic E-state index is 4.49. The van der Waals surface area contributed by atoms with E-state index in [1.165, 1.54) is 0 Å². The number of imidazole rings is 1. The average Bonchev–Trinajstić information content (AvgIpc) is 2.19. The Kier molecular flexibility index (Phi) is 1.93. The summed E-state index contributed by atoms with van der Waals surface area (Å²) in [6.07, 6.45) is 3.41. The highest BCUT2D eigenvalue weighted by atomic mass is 32.1. The lowest BCUT2D eigenvalue weighted by Gasteiger charge is -1.87. The van der Waals surface area contributed by atoms with Crippen molar-refractivity contribution in [1.82, 2.24) is 9.97 Å². The molecule has 0 bridgehead atoms. The van der Waals surface area contributed by atoms with Crippen molar-refractivity contribution in [3.8, 4) is 0 Å². The van der Waals surface area contributed by atoms with Crippen LogP contribution in [0.2, 0.25) is 0 Å². The molecule has 0 amide bonds. The lowest BCUT2D eigenvalue weighted by molar-refractivity contribution is 0.360. The Morgan fingerprint density at radius 1 is 1.88 bits per heavy atom. The first-order valence-electron chi connectivity index (χ1n) is 2.18. The summed E-state index contributed by atoms with van der Waals surface area (Å²) in [5, 5.41) is 0. The summed E-state index contributed by atoms with van der Waals surface area (Å²) >= 11 is 3.55. The third kappa shape index (κ3) is 1.24. The molecule has 0 aromatic carbocycles. The quantitative estimate of drug-likeness (QED) is 0.458. The number of hydrogen-bond donors (Lipinski definition) is 2. The third-order valence-corrected chi connectivity index (χ3v) is 0.885. The van der Waals surface area contributed by atoms with Crippen LogP contribution in [0.3, 0.4) is 0 Å². The molecule has 4 heteroatoms. The van der Waals surface area contributed by atoms with Crippen LogP contribution >= 0.6 is 12.9 Å². The van der Waals surface area contributed by atoms with E-state index < -0.39 is 0 Å². The van der Waals surface area contributed by atoms with Crippen LogP contribution in [0.4, 0.5) is 0 Å². The monoisotopic (exact) mass is 130 g/mol. The van der Waals surface area contributed by atoms with Crippen LogP contribution in [-0.4, -0.2) is 9.97 Å². The van der Waals surface area contributed by atoms with Gasteiger partial charge in [-0.25, -0.2) is 4.98 Å². The number of thiol groups is 1. The standard InChI is InChI=1S/C4H6N2OS/c8-7-3-4-5-1-2-6-4/h1-2,8H,3H2,(H,5,6). The van der Waals surface area contributed by atoms with Gasteiger partial charge >= 0.3 is 0 Å². The van der Waals surface area contributed by atoms with Gasteiger partial charge in [0.2, 0.25) is 0 Å². The molecule has 0 saturated heterocycles. The van der Waals surface area contributed by atoms with Gasteiger partial charge in [0.15, 0.2) is 0 Å². The molecule has 0 spiro atoms. The van der Waals surface area contributed by atoms with E-state index in [4.69, 9.17) is 0 Å². The summed E-state index contributed by atoms with van der Waals surface area (Å²) in [7, 11) is 0. The molecule has 0 saturated carbocycles. The summed E-state index contributed by atoms with van der Waals surface area (Å²) in [4.78, 5) is 6.73. The second kappa shape index (κ2) is 2.74. The highest BCUT2D eigenvalue weighted by Crippen LogP contribution is 1.91. The Bertz CT molecular complexity index is 140. The Labute approximate surface area is 52.7 Å². The van der Waals surface area contributed by atoms with Crippen molar-refractivity contribution in [3.05, 3.63) is 18.2 Å². The minimum Gasteiger partial charge on any atom is -0.347 e. The van der Waals surface area contributed by atoms with Crippen LogP contribution in [0.5, 0.6) is 0 Å². The Balaban J connectivity index is 2.50. The highest BCUT2D eigenvalue weighted by Gasteiger charge is 1.88. The van der Waals surface area contributed by atoms with Gasteiger partial charge in [-0.05, 0) is 12.9 Å². The second-order valence-corrected chi connectivity index (χ2v) is 1.57. The van der Waals surface area contributed by atoms with Gasteiger partial charge in [0, 0.05) is 12.4 Å². The molecule has 3 nitrogen and oxygen atoms in total. The molecule has 44 valence electrons. The number of nitrogens with zero attached hydrogens (tertiary/aromatic N) is 1. The van der Waals surface area contributed by atoms with E-state index in [1.807, 2.05) is 0 Å². The highest BCUT2D eigenvalue weighted by molar-refractivity contribution is 7.75. The van der Waals surface area contributed by atoms with E-state index in [1.54, 1.807) is 12.4 Å². The van der Waals surface area contributed by atoms with E-state index >= 15 is 0 Å². The van der Waals surface area contributed by atoms with Crippen LogP contribution in [0.25, 0.3) is 0 Å². The Hall–Kier alpha value is -0.480. The fraction of sp³-hybridized carbons (Fsp3) is 0.250. The normalized spacial score (nSPS) is 9.62. The van der Waals surface area contributed by atoms with E-state index in [9.17, 15) is 0 Å². The van der Waals surface area contributed by atoms with Crippen LogP contribution in [0.1, 0.15) is 5.82 Å². The first-order chi connectivity index (χ1) is 3.93. The largest absolute Gasteiger partial charge is 0.347 e. The number of aromatic nitrogens is 2. The van der Waals surface area contributed by atoms with E-state index in [0.717, 1.165) is 5.82 Å².